The second kappa shape index (κ2) is 4.02. The fraction of sp³-hybridized carbons (Fsp3) is 0.200. The van der Waals surface area contributed by atoms with Gasteiger partial charge < -0.3 is 4.74 Å². The zero-order valence-corrected chi connectivity index (χ0v) is 10.5. The number of thiophene rings is 1. The molecule has 0 unspecified atom stereocenters. The van der Waals surface area contributed by atoms with E-state index in [1.165, 1.54) is 11.3 Å². The standard InChI is InChI=1S/C10H8FIOS/c1-2-13-7-4-3-6-5-8(12)14-10(6)9(7)11/h3-5H,2H2,1H3. The fourth-order valence-corrected chi connectivity index (χ4v) is 3.10. The minimum atomic E-state index is -0.239. The highest BCUT2D eigenvalue weighted by Gasteiger charge is 2.10. The topological polar surface area (TPSA) is 9.23 Å². The molecule has 1 nitrogen and oxygen atoms in total. The molecule has 0 radical (unpaired) electrons. The third-order valence-corrected chi connectivity index (χ3v) is 3.76. The Morgan fingerprint density at radius 3 is 3.00 bits per heavy atom. The van der Waals surface area contributed by atoms with E-state index in [9.17, 15) is 4.39 Å². The molecule has 0 aliphatic heterocycles. The fourth-order valence-electron chi connectivity index (χ4n) is 1.29. The zero-order valence-electron chi connectivity index (χ0n) is 7.51. The van der Waals surface area contributed by atoms with Crippen molar-refractivity contribution in [1.82, 2.24) is 0 Å². The molecule has 0 spiro atoms. The van der Waals surface area contributed by atoms with Crippen molar-refractivity contribution >= 4 is 44.0 Å². The average Bonchev–Trinajstić information content (AvgIpc) is 2.52. The molecule has 0 atom stereocenters. The van der Waals surface area contributed by atoms with Gasteiger partial charge >= 0.3 is 0 Å². The highest BCUT2D eigenvalue weighted by Crippen LogP contribution is 2.33. The van der Waals surface area contributed by atoms with Crippen molar-refractivity contribution < 1.29 is 9.13 Å². The van der Waals surface area contributed by atoms with E-state index < -0.39 is 0 Å². The van der Waals surface area contributed by atoms with Crippen LogP contribution in [0.25, 0.3) is 10.1 Å². The Morgan fingerprint density at radius 1 is 1.50 bits per heavy atom. The zero-order chi connectivity index (χ0) is 10.1. The van der Waals surface area contributed by atoms with Crippen LogP contribution in [0.15, 0.2) is 18.2 Å². The highest BCUT2D eigenvalue weighted by molar-refractivity contribution is 14.1. The maximum atomic E-state index is 13.8. The maximum absolute atomic E-state index is 13.8. The Bertz CT molecular complexity index is 466. The Hall–Kier alpha value is -0.360. The Balaban J connectivity index is 2.61. The molecule has 2 rings (SSSR count). The lowest BCUT2D eigenvalue weighted by Gasteiger charge is -2.03. The van der Waals surface area contributed by atoms with Crippen LogP contribution in [0.5, 0.6) is 5.75 Å². The average molecular weight is 322 g/mol. The quantitative estimate of drug-likeness (QED) is 0.758. The van der Waals surface area contributed by atoms with Crippen LogP contribution >= 0.6 is 33.9 Å². The van der Waals surface area contributed by atoms with Crippen LogP contribution in [0.1, 0.15) is 6.92 Å². The summed E-state index contributed by atoms with van der Waals surface area (Å²) in [5.74, 6) is 0.107. The molecule has 0 saturated heterocycles. The summed E-state index contributed by atoms with van der Waals surface area (Å²) in [5, 5.41) is 0.945. The van der Waals surface area contributed by atoms with Crippen LogP contribution in [0.2, 0.25) is 0 Å². The van der Waals surface area contributed by atoms with Crippen LogP contribution in [0.4, 0.5) is 4.39 Å². The van der Waals surface area contributed by atoms with Gasteiger partial charge in [0, 0.05) is 0 Å². The Morgan fingerprint density at radius 2 is 2.29 bits per heavy atom. The number of rotatable bonds is 2. The minimum Gasteiger partial charge on any atom is -0.491 e. The molecule has 4 heteroatoms. The summed E-state index contributed by atoms with van der Waals surface area (Å²) in [5.41, 5.74) is 0. The summed E-state index contributed by atoms with van der Waals surface area (Å²) < 4.78 is 20.7. The molecule has 0 fully saturated rings. The van der Waals surface area contributed by atoms with Crippen LogP contribution in [-0.2, 0) is 0 Å². The maximum Gasteiger partial charge on any atom is 0.182 e. The number of hydrogen-bond donors (Lipinski definition) is 0. The van der Waals surface area contributed by atoms with E-state index >= 15 is 0 Å². The highest BCUT2D eigenvalue weighted by atomic mass is 127. The van der Waals surface area contributed by atoms with Crippen molar-refractivity contribution in [1.29, 1.82) is 0 Å². The second-order valence-corrected chi connectivity index (χ2v) is 5.73. The van der Waals surface area contributed by atoms with E-state index in [1.807, 2.05) is 19.1 Å². The van der Waals surface area contributed by atoms with Crippen LogP contribution in [0, 0.1) is 8.70 Å². The second-order valence-electron chi connectivity index (χ2n) is 2.78. The van der Waals surface area contributed by atoms with Crippen LogP contribution < -0.4 is 4.74 Å². The molecule has 14 heavy (non-hydrogen) atoms. The van der Waals surface area contributed by atoms with Crippen molar-refractivity contribution in [3.63, 3.8) is 0 Å². The van der Waals surface area contributed by atoms with Crippen molar-refractivity contribution in [2.24, 2.45) is 0 Å². The first-order chi connectivity index (χ1) is 6.72. The van der Waals surface area contributed by atoms with Gasteiger partial charge in [-0.3, -0.25) is 0 Å². The van der Waals surface area contributed by atoms with Gasteiger partial charge in [0.1, 0.15) is 0 Å². The van der Waals surface area contributed by atoms with Gasteiger partial charge in [0.05, 0.1) is 14.2 Å². The van der Waals surface area contributed by atoms with Gasteiger partial charge in [0.2, 0.25) is 0 Å². The van der Waals surface area contributed by atoms with E-state index in [0.717, 1.165) is 8.27 Å². The SMILES string of the molecule is CCOc1ccc2cc(I)sc2c1F. The van der Waals surface area contributed by atoms with Crippen molar-refractivity contribution in [3.05, 3.63) is 26.9 Å². The van der Waals surface area contributed by atoms with Crippen molar-refractivity contribution in [2.75, 3.05) is 6.61 Å². The monoisotopic (exact) mass is 322 g/mol. The van der Waals surface area contributed by atoms with E-state index in [-0.39, 0.29) is 5.82 Å². The number of halogens is 2. The summed E-state index contributed by atoms with van der Waals surface area (Å²) in [6, 6.07) is 5.55. The van der Waals surface area contributed by atoms with E-state index in [4.69, 9.17) is 4.74 Å². The summed E-state index contributed by atoms with van der Waals surface area (Å²) in [6.45, 7) is 2.34. The molecule has 1 aromatic carbocycles. The molecule has 1 heterocycles. The molecule has 0 saturated carbocycles. The third-order valence-electron chi connectivity index (χ3n) is 1.86. The van der Waals surface area contributed by atoms with Crippen LogP contribution in [0.3, 0.4) is 0 Å². The lowest BCUT2D eigenvalue weighted by Crippen LogP contribution is -1.93. The van der Waals surface area contributed by atoms with Gasteiger partial charge in [-0.2, -0.15) is 0 Å². The molecule has 0 aliphatic carbocycles. The summed E-state index contributed by atoms with van der Waals surface area (Å²) in [7, 11) is 0. The Kier molecular flexibility index (Phi) is 2.92. The number of hydrogen-bond acceptors (Lipinski definition) is 2. The smallest absolute Gasteiger partial charge is 0.182 e. The van der Waals surface area contributed by atoms with Gasteiger partial charge in [0.15, 0.2) is 11.6 Å². The lowest BCUT2D eigenvalue weighted by molar-refractivity contribution is 0.323. The van der Waals surface area contributed by atoms with Crippen molar-refractivity contribution in [3.8, 4) is 5.75 Å². The van der Waals surface area contributed by atoms with E-state index in [1.54, 1.807) is 6.07 Å². The molecule has 0 amide bonds. The van der Waals surface area contributed by atoms with Gasteiger partial charge in [-0.1, -0.05) is 0 Å². The van der Waals surface area contributed by atoms with E-state index in [2.05, 4.69) is 22.6 Å². The third kappa shape index (κ3) is 1.72. The summed E-state index contributed by atoms with van der Waals surface area (Å²) >= 11 is 3.64. The minimum absolute atomic E-state index is 0.239. The van der Waals surface area contributed by atoms with Gasteiger partial charge in [-0.05, 0) is 53.1 Å². The van der Waals surface area contributed by atoms with Gasteiger partial charge in [-0.25, -0.2) is 4.39 Å². The van der Waals surface area contributed by atoms with Gasteiger partial charge in [-0.15, -0.1) is 11.3 Å². The van der Waals surface area contributed by atoms with Crippen LogP contribution in [-0.4, -0.2) is 6.61 Å². The largest absolute Gasteiger partial charge is 0.491 e. The predicted molar refractivity (Wildman–Crippen MR) is 65.7 cm³/mol. The van der Waals surface area contributed by atoms with E-state index in [0.29, 0.717) is 17.1 Å². The molecule has 2 aromatic rings. The van der Waals surface area contributed by atoms with Gasteiger partial charge in [0.25, 0.3) is 0 Å². The first-order valence-corrected chi connectivity index (χ1v) is 6.12. The molecule has 1 aromatic heterocycles. The lowest BCUT2D eigenvalue weighted by atomic mass is 10.2. The molecular formula is C10H8FIOS. The number of ether oxygens (including phenoxy) is 1. The molecule has 0 bridgehead atoms. The Labute approximate surface area is 99.0 Å². The predicted octanol–water partition coefficient (Wildman–Crippen LogP) is 4.04. The normalized spacial score (nSPS) is 10.8. The molecule has 0 N–H and O–H groups in total. The summed E-state index contributed by atoms with van der Waals surface area (Å²) in [4.78, 5) is 0. The number of fused-ring (bicyclic) bond motifs is 1. The first kappa shape index (κ1) is 10.2. The molecule has 74 valence electrons. The number of benzene rings is 1. The first-order valence-electron chi connectivity index (χ1n) is 4.22. The van der Waals surface area contributed by atoms with Crippen molar-refractivity contribution in [2.45, 2.75) is 6.92 Å². The molecular weight excluding hydrogens is 314 g/mol. The molecule has 0 aliphatic rings. The summed E-state index contributed by atoms with van der Waals surface area (Å²) in [6.07, 6.45) is 0.